The van der Waals surface area contributed by atoms with Crippen molar-refractivity contribution in [3.05, 3.63) is 222 Å². The second-order valence-corrected chi connectivity index (χ2v) is 14.8. The van der Waals surface area contributed by atoms with Crippen molar-refractivity contribution in [2.45, 2.75) is 20.4 Å². The van der Waals surface area contributed by atoms with Crippen LogP contribution in [0.3, 0.4) is 0 Å². The summed E-state index contributed by atoms with van der Waals surface area (Å²) in [5.41, 5.74) is 16.3. The molecule has 0 unspecified atom stereocenters. The van der Waals surface area contributed by atoms with Crippen LogP contribution >= 0.6 is 0 Å². The van der Waals surface area contributed by atoms with Gasteiger partial charge in [0.05, 0.1) is 18.0 Å². The number of hydrogen-bond acceptors (Lipinski definition) is 2. The molecular weight excluding hydrogens is 703 g/mol. The summed E-state index contributed by atoms with van der Waals surface area (Å²) < 4.78 is 0. The largest absolute Gasteiger partial charge is 0.355 e. The van der Waals surface area contributed by atoms with Crippen molar-refractivity contribution in [1.29, 1.82) is 0 Å². The van der Waals surface area contributed by atoms with Gasteiger partial charge in [0.25, 0.3) is 0 Å². The molecule has 58 heavy (non-hydrogen) atoms. The number of aliphatic imine (C=N–C) groups is 2. The summed E-state index contributed by atoms with van der Waals surface area (Å²) in [7, 11) is 0. The highest BCUT2D eigenvalue weighted by molar-refractivity contribution is 6.16. The number of rotatable bonds is 10. The van der Waals surface area contributed by atoms with E-state index in [-0.39, 0.29) is 0 Å². The molecule has 0 radical (unpaired) electrons. The lowest BCUT2D eigenvalue weighted by molar-refractivity contribution is 1.07. The van der Waals surface area contributed by atoms with Crippen molar-refractivity contribution < 1.29 is 0 Å². The van der Waals surface area contributed by atoms with Crippen molar-refractivity contribution in [2.24, 2.45) is 9.98 Å². The number of fused-ring (bicyclic) bond motifs is 3. The number of H-pyrrole nitrogens is 1. The standard InChI is InChI=1S/C55H43N3/c1-37-16-10-12-22-47(37)55(56-3)38(2)54(43-19-8-5-9-20-43)57-36-39-32-45(40-26-28-42(29-27-40)53-31-30-52(58-53)41-17-6-4-7-18-41)34-46(33-39)51-35-44-21-11-13-23-48(44)49-24-14-15-25-50(49)51/h4-35,58H,3,36H2,1-2H3/b55-38-,57-54?. The third-order valence-corrected chi connectivity index (χ3v) is 11.1. The molecule has 0 bridgehead atoms. The molecule has 9 rings (SSSR count). The van der Waals surface area contributed by atoms with Crippen LogP contribution in [0.1, 0.15) is 29.2 Å². The molecule has 0 saturated carbocycles. The Labute approximate surface area is 340 Å². The fraction of sp³-hybridized carbons (Fsp3) is 0.0545. The van der Waals surface area contributed by atoms with Crippen LogP contribution in [0.4, 0.5) is 0 Å². The van der Waals surface area contributed by atoms with Gasteiger partial charge in [-0.05, 0) is 123 Å². The van der Waals surface area contributed by atoms with Crippen molar-refractivity contribution in [3.63, 3.8) is 0 Å². The van der Waals surface area contributed by atoms with Gasteiger partial charge in [-0.15, -0.1) is 0 Å². The molecule has 0 spiro atoms. The maximum Gasteiger partial charge on any atom is 0.0748 e. The number of aryl methyl sites for hydroxylation is 1. The van der Waals surface area contributed by atoms with E-state index in [2.05, 4.69) is 213 Å². The average Bonchev–Trinajstić information content (AvgIpc) is 3.78. The van der Waals surface area contributed by atoms with Gasteiger partial charge in [-0.2, -0.15) is 0 Å². The summed E-state index contributed by atoms with van der Waals surface area (Å²) in [6.07, 6.45) is 0. The number of aromatic nitrogens is 1. The van der Waals surface area contributed by atoms with E-state index < -0.39 is 0 Å². The van der Waals surface area contributed by atoms with Gasteiger partial charge in [-0.25, -0.2) is 0 Å². The van der Waals surface area contributed by atoms with Crippen LogP contribution in [0.5, 0.6) is 0 Å². The Bertz CT molecular complexity index is 2980. The topological polar surface area (TPSA) is 40.5 Å². The lowest BCUT2D eigenvalue weighted by Crippen LogP contribution is -2.07. The number of nitrogens with one attached hydrogen (secondary N) is 1. The van der Waals surface area contributed by atoms with E-state index in [0.29, 0.717) is 6.54 Å². The third kappa shape index (κ3) is 7.22. The second-order valence-electron chi connectivity index (χ2n) is 14.8. The summed E-state index contributed by atoms with van der Waals surface area (Å²) in [5.74, 6) is 0. The molecule has 0 saturated heterocycles. The first kappa shape index (κ1) is 36.3. The van der Waals surface area contributed by atoms with E-state index >= 15 is 0 Å². The van der Waals surface area contributed by atoms with Gasteiger partial charge in [-0.1, -0.05) is 158 Å². The van der Waals surface area contributed by atoms with Gasteiger partial charge >= 0.3 is 0 Å². The predicted molar refractivity (Wildman–Crippen MR) is 248 cm³/mol. The Balaban J connectivity index is 1.17. The molecular formula is C55H43N3. The van der Waals surface area contributed by atoms with Crippen LogP contribution < -0.4 is 0 Å². The Morgan fingerprint density at radius 2 is 1.10 bits per heavy atom. The summed E-state index contributed by atoms with van der Waals surface area (Å²) in [4.78, 5) is 13.6. The molecule has 0 fully saturated rings. The second kappa shape index (κ2) is 16.0. The Kier molecular flexibility index (Phi) is 10.0. The third-order valence-electron chi connectivity index (χ3n) is 11.1. The molecule has 3 nitrogen and oxygen atoms in total. The zero-order valence-electron chi connectivity index (χ0n) is 32.8. The minimum Gasteiger partial charge on any atom is -0.355 e. The first-order valence-corrected chi connectivity index (χ1v) is 19.8. The van der Waals surface area contributed by atoms with Crippen LogP contribution in [0.25, 0.3) is 72.0 Å². The quantitative estimate of drug-likeness (QED) is 0.107. The van der Waals surface area contributed by atoms with Crippen LogP contribution in [-0.2, 0) is 6.54 Å². The molecule has 9 aromatic rings. The number of allylic oxidation sites excluding steroid dienone is 1. The maximum atomic E-state index is 5.42. The van der Waals surface area contributed by atoms with Crippen molar-refractivity contribution in [3.8, 4) is 44.8 Å². The fourth-order valence-electron chi connectivity index (χ4n) is 8.14. The van der Waals surface area contributed by atoms with Gasteiger partial charge in [0.2, 0.25) is 0 Å². The zero-order chi connectivity index (χ0) is 39.4. The van der Waals surface area contributed by atoms with Crippen LogP contribution in [0, 0.1) is 6.92 Å². The van der Waals surface area contributed by atoms with Crippen LogP contribution in [0.15, 0.2) is 210 Å². The Morgan fingerprint density at radius 3 is 1.83 bits per heavy atom. The first-order valence-electron chi connectivity index (χ1n) is 19.8. The first-order chi connectivity index (χ1) is 28.5. The van der Waals surface area contributed by atoms with E-state index in [4.69, 9.17) is 4.99 Å². The van der Waals surface area contributed by atoms with E-state index in [1.54, 1.807) is 0 Å². The number of aromatic amines is 1. The van der Waals surface area contributed by atoms with Crippen molar-refractivity contribution in [1.82, 2.24) is 4.98 Å². The highest BCUT2D eigenvalue weighted by Gasteiger charge is 2.16. The zero-order valence-corrected chi connectivity index (χ0v) is 32.8. The van der Waals surface area contributed by atoms with Crippen molar-refractivity contribution >= 4 is 39.7 Å². The summed E-state index contributed by atoms with van der Waals surface area (Å²) in [6.45, 7) is 8.71. The number of benzene rings is 8. The molecule has 0 aliphatic heterocycles. The highest BCUT2D eigenvalue weighted by atomic mass is 14.8. The monoisotopic (exact) mass is 745 g/mol. The number of hydrogen-bond donors (Lipinski definition) is 1. The summed E-state index contributed by atoms with van der Waals surface area (Å²) >= 11 is 0. The molecule has 278 valence electrons. The molecule has 1 aromatic heterocycles. The molecule has 0 aliphatic rings. The van der Waals surface area contributed by atoms with Crippen LogP contribution in [-0.4, -0.2) is 17.4 Å². The molecule has 1 N–H and O–H groups in total. The molecule has 0 amide bonds. The van der Waals surface area contributed by atoms with Gasteiger partial charge in [0.1, 0.15) is 0 Å². The number of nitrogens with zero attached hydrogens (tertiary/aromatic N) is 2. The smallest absolute Gasteiger partial charge is 0.0748 e. The van der Waals surface area contributed by atoms with E-state index in [1.807, 2.05) is 12.1 Å². The summed E-state index contributed by atoms with van der Waals surface area (Å²) in [5, 5.41) is 4.96. The minimum absolute atomic E-state index is 0.481. The normalized spacial score (nSPS) is 12.1. The SMILES string of the molecule is C=N/C(=C(/C)C(=NCc1cc(-c2ccc(-c3ccc(-c4ccccc4)[nH]3)cc2)cc(-c2cc3ccccc3c3ccccc23)c1)c1ccccc1)c1ccccc1C. The van der Waals surface area contributed by atoms with Gasteiger partial charge in [0, 0.05) is 28.1 Å². The van der Waals surface area contributed by atoms with Gasteiger partial charge in [0.15, 0.2) is 0 Å². The predicted octanol–water partition coefficient (Wildman–Crippen LogP) is 14.4. The lowest BCUT2D eigenvalue weighted by atomic mass is 9.90. The highest BCUT2D eigenvalue weighted by Crippen LogP contribution is 2.38. The van der Waals surface area contributed by atoms with Crippen molar-refractivity contribution in [2.75, 3.05) is 0 Å². The Hall–Kier alpha value is -7.36. The molecule has 0 aliphatic carbocycles. The van der Waals surface area contributed by atoms with E-state index in [0.717, 1.165) is 72.9 Å². The lowest BCUT2D eigenvalue weighted by Gasteiger charge is -2.16. The minimum atomic E-state index is 0.481. The van der Waals surface area contributed by atoms with Crippen LogP contribution in [0.2, 0.25) is 0 Å². The van der Waals surface area contributed by atoms with Gasteiger partial charge in [-0.3, -0.25) is 9.98 Å². The average molecular weight is 746 g/mol. The molecule has 8 aromatic carbocycles. The fourth-order valence-corrected chi connectivity index (χ4v) is 8.14. The maximum absolute atomic E-state index is 5.42. The van der Waals surface area contributed by atoms with Gasteiger partial charge < -0.3 is 4.98 Å². The molecule has 3 heteroatoms. The molecule has 0 atom stereocenters. The summed E-state index contributed by atoms with van der Waals surface area (Å²) in [6, 6.07) is 69.1. The Morgan fingerprint density at radius 1 is 0.517 bits per heavy atom. The van der Waals surface area contributed by atoms with E-state index in [9.17, 15) is 0 Å². The van der Waals surface area contributed by atoms with E-state index in [1.165, 1.54) is 32.7 Å². The molecule has 1 heterocycles.